The molecule has 2 rings (SSSR count). The summed E-state index contributed by atoms with van der Waals surface area (Å²) in [5.74, 6) is -0.959. The number of hydrogen-bond donors (Lipinski definition) is 2. The number of nitrogens with one attached hydrogen (secondary N) is 2. The number of hydrogen-bond acceptors (Lipinski definition) is 4. The molecule has 0 aliphatic carbocycles. The van der Waals surface area contributed by atoms with E-state index in [2.05, 4.69) is 10.0 Å². The Hall–Kier alpha value is -1.51. The highest BCUT2D eigenvalue weighted by atomic mass is 32.2. The number of sulfonamides is 1. The summed E-state index contributed by atoms with van der Waals surface area (Å²) in [6, 6.07) is 4.38. The molecule has 0 radical (unpaired) electrons. The predicted octanol–water partition coefficient (Wildman–Crippen LogP) is 0.399. The lowest BCUT2D eigenvalue weighted by Crippen LogP contribution is -2.39. The molecule has 0 aromatic heterocycles. The van der Waals surface area contributed by atoms with E-state index in [0.29, 0.717) is 13.2 Å². The van der Waals surface area contributed by atoms with E-state index >= 15 is 0 Å². The first-order chi connectivity index (χ1) is 9.97. The fraction of sp³-hybridized carbons (Fsp3) is 0.462. The smallest absolute Gasteiger partial charge is 0.241 e. The van der Waals surface area contributed by atoms with Crippen molar-refractivity contribution in [3.05, 3.63) is 30.1 Å². The van der Waals surface area contributed by atoms with Crippen LogP contribution in [0.3, 0.4) is 0 Å². The Labute approximate surface area is 122 Å². The van der Waals surface area contributed by atoms with Gasteiger partial charge in [-0.15, -0.1) is 0 Å². The molecule has 116 valence electrons. The highest BCUT2D eigenvalue weighted by Crippen LogP contribution is 2.11. The molecular weight excluding hydrogens is 299 g/mol. The van der Waals surface area contributed by atoms with Crippen molar-refractivity contribution < 1.29 is 22.3 Å². The lowest BCUT2D eigenvalue weighted by molar-refractivity contribution is -0.120. The summed E-state index contributed by atoms with van der Waals surface area (Å²) in [5.41, 5.74) is 0. The Morgan fingerprint density at radius 1 is 1.33 bits per heavy atom. The van der Waals surface area contributed by atoms with Gasteiger partial charge >= 0.3 is 0 Å². The zero-order chi connectivity index (χ0) is 15.3. The molecule has 6 nitrogen and oxygen atoms in total. The molecule has 1 saturated heterocycles. The van der Waals surface area contributed by atoms with Crippen LogP contribution in [-0.4, -0.2) is 40.1 Å². The summed E-state index contributed by atoms with van der Waals surface area (Å²) in [6.45, 7) is 0.696. The van der Waals surface area contributed by atoms with Crippen LogP contribution in [0.25, 0.3) is 0 Å². The van der Waals surface area contributed by atoms with Crippen LogP contribution in [0.15, 0.2) is 29.2 Å². The van der Waals surface area contributed by atoms with Crippen molar-refractivity contribution >= 4 is 15.9 Å². The zero-order valence-corrected chi connectivity index (χ0v) is 12.2. The van der Waals surface area contributed by atoms with Gasteiger partial charge in [0, 0.05) is 13.2 Å². The summed E-state index contributed by atoms with van der Waals surface area (Å²) >= 11 is 0. The third-order valence-electron chi connectivity index (χ3n) is 3.10. The molecule has 1 atom stereocenters. The lowest BCUT2D eigenvalue weighted by Gasteiger charge is -2.11. The summed E-state index contributed by atoms with van der Waals surface area (Å²) in [7, 11) is -3.82. The fourth-order valence-corrected chi connectivity index (χ4v) is 2.94. The number of benzene rings is 1. The minimum atomic E-state index is -3.82. The molecule has 1 aromatic carbocycles. The maximum atomic E-state index is 12.7. The van der Waals surface area contributed by atoms with Gasteiger partial charge in [-0.1, -0.05) is 0 Å². The van der Waals surface area contributed by atoms with Crippen LogP contribution < -0.4 is 10.0 Å². The normalized spacial score (nSPS) is 18.6. The number of rotatable bonds is 6. The van der Waals surface area contributed by atoms with Gasteiger partial charge in [-0.3, -0.25) is 4.79 Å². The van der Waals surface area contributed by atoms with E-state index in [1.165, 1.54) is 0 Å². The first-order valence-corrected chi connectivity index (χ1v) is 8.09. The number of carbonyl (C=O) groups is 1. The minimum absolute atomic E-state index is 0.00246. The molecule has 0 saturated carbocycles. The molecule has 1 aromatic rings. The standard InChI is InChI=1S/C13H17FN2O4S/c14-10-3-5-12(6-4-10)21(18,19)16-9-13(17)15-8-11-2-1-7-20-11/h3-6,11,16H,1-2,7-9H2,(H,15,17)/t11-/m1/s1. The molecule has 1 fully saturated rings. The van der Waals surface area contributed by atoms with Gasteiger partial charge in [-0.05, 0) is 37.1 Å². The Kier molecular flexibility index (Phi) is 5.27. The summed E-state index contributed by atoms with van der Waals surface area (Å²) in [5, 5.41) is 2.61. The summed E-state index contributed by atoms with van der Waals surface area (Å²) < 4.78 is 44.0. The third-order valence-corrected chi connectivity index (χ3v) is 4.51. The van der Waals surface area contributed by atoms with Crippen LogP contribution in [0.1, 0.15) is 12.8 Å². The van der Waals surface area contributed by atoms with Crippen molar-refractivity contribution in [1.82, 2.24) is 10.0 Å². The molecule has 21 heavy (non-hydrogen) atoms. The van der Waals surface area contributed by atoms with Crippen LogP contribution in [-0.2, 0) is 19.6 Å². The van der Waals surface area contributed by atoms with E-state index in [0.717, 1.165) is 37.1 Å². The van der Waals surface area contributed by atoms with E-state index < -0.39 is 21.7 Å². The maximum absolute atomic E-state index is 12.7. The fourth-order valence-electron chi connectivity index (χ4n) is 1.95. The molecule has 1 aliphatic rings. The van der Waals surface area contributed by atoms with Gasteiger partial charge in [-0.2, -0.15) is 0 Å². The van der Waals surface area contributed by atoms with Crippen molar-refractivity contribution in [2.24, 2.45) is 0 Å². The van der Waals surface area contributed by atoms with Gasteiger partial charge in [-0.25, -0.2) is 17.5 Å². The van der Waals surface area contributed by atoms with E-state index in [1.54, 1.807) is 0 Å². The molecule has 0 unspecified atom stereocenters. The van der Waals surface area contributed by atoms with Gasteiger partial charge in [0.2, 0.25) is 15.9 Å². The predicted molar refractivity (Wildman–Crippen MR) is 73.6 cm³/mol. The number of halogens is 1. The molecule has 0 spiro atoms. The number of amides is 1. The van der Waals surface area contributed by atoms with E-state index in [-0.39, 0.29) is 17.5 Å². The lowest BCUT2D eigenvalue weighted by atomic mass is 10.2. The molecular formula is C13H17FN2O4S. The molecule has 0 bridgehead atoms. The second-order valence-corrected chi connectivity index (χ2v) is 6.48. The SMILES string of the molecule is O=C(CNS(=O)(=O)c1ccc(F)cc1)NC[C@H]1CCCO1. The molecule has 1 aliphatic heterocycles. The molecule has 1 heterocycles. The Morgan fingerprint density at radius 2 is 2.05 bits per heavy atom. The van der Waals surface area contributed by atoms with Crippen molar-refractivity contribution in [2.75, 3.05) is 19.7 Å². The van der Waals surface area contributed by atoms with E-state index in [1.807, 2.05) is 0 Å². The van der Waals surface area contributed by atoms with Crippen molar-refractivity contribution in [2.45, 2.75) is 23.8 Å². The van der Waals surface area contributed by atoms with Crippen LogP contribution in [0.5, 0.6) is 0 Å². The zero-order valence-electron chi connectivity index (χ0n) is 11.3. The van der Waals surface area contributed by atoms with E-state index in [9.17, 15) is 17.6 Å². The van der Waals surface area contributed by atoms with Gasteiger partial charge in [0.25, 0.3) is 0 Å². The quantitative estimate of drug-likeness (QED) is 0.795. The van der Waals surface area contributed by atoms with Gasteiger partial charge < -0.3 is 10.1 Å². The van der Waals surface area contributed by atoms with Crippen molar-refractivity contribution in [3.63, 3.8) is 0 Å². The minimum Gasteiger partial charge on any atom is -0.376 e. The highest BCUT2D eigenvalue weighted by molar-refractivity contribution is 7.89. The Balaban J connectivity index is 1.80. The second-order valence-electron chi connectivity index (χ2n) is 4.72. The van der Waals surface area contributed by atoms with Crippen LogP contribution in [0, 0.1) is 5.82 Å². The van der Waals surface area contributed by atoms with Crippen LogP contribution in [0.2, 0.25) is 0 Å². The molecule has 2 N–H and O–H groups in total. The number of ether oxygens (including phenoxy) is 1. The van der Waals surface area contributed by atoms with Crippen molar-refractivity contribution in [1.29, 1.82) is 0 Å². The maximum Gasteiger partial charge on any atom is 0.241 e. The van der Waals surface area contributed by atoms with Crippen LogP contribution in [0.4, 0.5) is 4.39 Å². The second kappa shape index (κ2) is 6.97. The summed E-state index contributed by atoms with van der Waals surface area (Å²) in [4.78, 5) is 11.5. The molecule has 1 amide bonds. The third kappa shape index (κ3) is 4.76. The van der Waals surface area contributed by atoms with Gasteiger partial charge in [0.15, 0.2) is 0 Å². The monoisotopic (exact) mass is 316 g/mol. The number of carbonyl (C=O) groups excluding carboxylic acids is 1. The average Bonchev–Trinajstić information content (AvgIpc) is 2.97. The van der Waals surface area contributed by atoms with Crippen LogP contribution >= 0.6 is 0 Å². The summed E-state index contributed by atoms with van der Waals surface area (Å²) in [6.07, 6.45) is 1.86. The Bertz CT molecular complexity index is 583. The largest absolute Gasteiger partial charge is 0.376 e. The average molecular weight is 316 g/mol. The first-order valence-electron chi connectivity index (χ1n) is 6.61. The Morgan fingerprint density at radius 3 is 2.67 bits per heavy atom. The topological polar surface area (TPSA) is 84.5 Å². The van der Waals surface area contributed by atoms with Gasteiger partial charge in [0.1, 0.15) is 5.82 Å². The van der Waals surface area contributed by atoms with E-state index in [4.69, 9.17) is 4.74 Å². The first kappa shape index (κ1) is 15.9. The van der Waals surface area contributed by atoms with Crippen molar-refractivity contribution in [3.8, 4) is 0 Å². The van der Waals surface area contributed by atoms with Gasteiger partial charge in [0.05, 0.1) is 17.5 Å². The molecule has 8 heteroatoms. The highest BCUT2D eigenvalue weighted by Gasteiger charge is 2.18.